The van der Waals surface area contributed by atoms with Crippen molar-refractivity contribution in [2.75, 3.05) is 10.8 Å². The lowest BCUT2D eigenvalue weighted by Crippen LogP contribution is -2.30. The lowest BCUT2D eigenvalue weighted by Gasteiger charge is -2.15. The summed E-state index contributed by atoms with van der Waals surface area (Å²) >= 11 is 0. The molecule has 6 heteroatoms. The summed E-state index contributed by atoms with van der Waals surface area (Å²) in [7, 11) is -3.56. The van der Waals surface area contributed by atoms with Gasteiger partial charge in [-0.1, -0.05) is 17.7 Å². The molecule has 1 fully saturated rings. The van der Waals surface area contributed by atoms with E-state index in [0.717, 1.165) is 5.56 Å². The van der Waals surface area contributed by atoms with Crippen molar-refractivity contribution < 1.29 is 13.2 Å². The molecule has 5 nitrogen and oxygen atoms in total. The number of aldehydes is 1. The van der Waals surface area contributed by atoms with Crippen molar-refractivity contribution in [2.24, 2.45) is 0 Å². The highest BCUT2D eigenvalue weighted by molar-refractivity contribution is 7.91. The molecule has 0 radical (unpaired) electrons. The summed E-state index contributed by atoms with van der Waals surface area (Å²) in [6.45, 7) is 2.07. The first-order chi connectivity index (χ1) is 7.53. The number of anilines is 1. The zero-order valence-electron chi connectivity index (χ0n) is 8.75. The van der Waals surface area contributed by atoms with Crippen LogP contribution in [0, 0.1) is 6.92 Å². The summed E-state index contributed by atoms with van der Waals surface area (Å²) in [5.41, 5.74) is 1.63. The Labute approximate surface area is 94.3 Å². The summed E-state index contributed by atoms with van der Waals surface area (Å²) in [6.07, 6.45) is 0.603. The van der Waals surface area contributed by atoms with Crippen LogP contribution in [0.4, 0.5) is 5.69 Å². The Kier molecular flexibility index (Phi) is 2.69. The molecule has 1 N–H and O–H groups in total. The van der Waals surface area contributed by atoms with Crippen LogP contribution in [0.2, 0.25) is 0 Å². The number of hydrogen-bond donors (Lipinski definition) is 1. The number of rotatable bonds is 2. The minimum atomic E-state index is -3.56. The zero-order chi connectivity index (χ0) is 11.8. The summed E-state index contributed by atoms with van der Waals surface area (Å²) in [5, 5.41) is 0. The van der Waals surface area contributed by atoms with E-state index in [-0.39, 0.29) is 6.54 Å². The third-order valence-corrected chi connectivity index (χ3v) is 3.98. The average Bonchev–Trinajstić information content (AvgIpc) is 2.55. The number of nitrogens with zero attached hydrogens (tertiary/aromatic N) is 1. The normalized spacial score (nSPS) is 23.3. The molecule has 1 atom stereocenters. The molecule has 1 aliphatic rings. The summed E-state index contributed by atoms with van der Waals surface area (Å²) in [6, 6.07) is 6.45. The van der Waals surface area contributed by atoms with Crippen LogP contribution in [0.3, 0.4) is 0 Å². The number of benzene rings is 1. The van der Waals surface area contributed by atoms with Gasteiger partial charge in [0.05, 0.1) is 18.3 Å². The first-order valence-corrected chi connectivity index (χ1v) is 6.29. The van der Waals surface area contributed by atoms with E-state index in [4.69, 9.17) is 0 Å². The quantitative estimate of drug-likeness (QED) is 0.752. The van der Waals surface area contributed by atoms with Crippen LogP contribution in [-0.4, -0.2) is 27.3 Å². The molecule has 0 amide bonds. The number of carbonyl (C=O) groups is 1. The van der Waals surface area contributed by atoms with E-state index in [9.17, 15) is 13.2 Å². The largest absolute Gasteiger partial charge is 0.302 e. The molecule has 0 saturated carbocycles. The molecule has 16 heavy (non-hydrogen) atoms. The predicted octanol–water partition coefficient (Wildman–Crippen LogP) is 0.217. The molecule has 2 rings (SSSR count). The van der Waals surface area contributed by atoms with Crippen molar-refractivity contribution in [1.82, 2.24) is 4.72 Å². The minimum Gasteiger partial charge on any atom is -0.302 e. The van der Waals surface area contributed by atoms with E-state index in [1.807, 2.05) is 19.1 Å². The molecule has 1 aliphatic heterocycles. The van der Waals surface area contributed by atoms with Gasteiger partial charge in [-0.2, -0.15) is 13.1 Å². The molecule has 1 unspecified atom stereocenters. The van der Waals surface area contributed by atoms with Crippen LogP contribution in [0.25, 0.3) is 0 Å². The van der Waals surface area contributed by atoms with Gasteiger partial charge < -0.3 is 4.79 Å². The Bertz CT molecular complexity index is 495. The highest BCUT2D eigenvalue weighted by Crippen LogP contribution is 2.21. The van der Waals surface area contributed by atoms with Crippen LogP contribution in [-0.2, 0) is 15.0 Å². The number of hydrogen-bond acceptors (Lipinski definition) is 3. The van der Waals surface area contributed by atoms with Gasteiger partial charge in [-0.3, -0.25) is 4.31 Å². The van der Waals surface area contributed by atoms with E-state index in [0.29, 0.717) is 12.0 Å². The average molecular weight is 240 g/mol. The van der Waals surface area contributed by atoms with Gasteiger partial charge in [0.25, 0.3) is 0 Å². The molecule has 1 saturated heterocycles. The van der Waals surface area contributed by atoms with Crippen molar-refractivity contribution in [3.8, 4) is 0 Å². The second-order valence-electron chi connectivity index (χ2n) is 3.73. The van der Waals surface area contributed by atoms with Gasteiger partial charge in [0.1, 0.15) is 6.29 Å². The summed E-state index contributed by atoms with van der Waals surface area (Å²) in [5.74, 6) is 0. The van der Waals surface area contributed by atoms with Gasteiger partial charge in [-0.05, 0) is 19.1 Å². The van der Waals surface area contributed by atoms with Crippen LogP contribution in [0.5, 0.6) is 0 Å². The van der Waals surface area contributed by atoms with Gasteiger partial charge in [-0.15, -0.1) is 0 Å². The molecule has 0 spiro atoms. The fourth-order valence-corrected chi connectivity index (χ4v) is 2.99. The highest BCUT2D eigenvalue weighted by atomic mass is 32.2. The Morgan fingerprint density at radius 1 is 1.38 bits per heavy atom. The van der Waals surface area contributed by atoms with Crippen molar-refractivity contribution in [1.29, 1.82) is 0 Å². The molecule has 86 valence electrons. The Morgan fingerprint density at radius 2 is 2.00 bits per heavy atom. The maximum absolute atomic E-state index is 11.7. The molecule has 1 heterocycles. The standard InChI is InChI=1S/C10H12N2O3S/c1-8-2-4-10(5-3-8)12-6-9(7-13)11-16(12,14)15/h2-5,7,9,11H,6H2,1H3. The topological polar surface area (TPSA) is 66.5 Å². The van der Waals surface area contributed by atoms with Gasteiger partial charge in [0.2, 0.25) is 0 Å². The van der Waals surface area contributed by atoms with Gasteiger partial charge in [0.15, 0.2) is 0 Å². The molecule has 0 bridgehead atoms. The predicted molar refractivity (Wildman–Crippen MR) is 60.4 cm³/mol. The molecular formula is C10H12N2O3S. The van der Waals surface area contributed by atoms with Gasteiger partial charge >= 0.3 is 10.2 Å². The van der Waals surface area contributed by atoms with Gasteiger partial charge in [-0.25, -0.2) is 0 Å². The Hall–Kier alpha value is -1.40. The fraction of sp³-hybridized carbons (Fsp3) is 0.300. The molecule has 0 aromatic heterocycles. The zero-order valence-corrected chi connectivity index (χ0v) is 9.57. The summed E-state index contributed by atoms with van der Waals surface area (Å²) < 4.78 is 26.8. The van der Waals surface area contributed by atoms with Crippen LogP contribution >= 0.6 is 0 Å². The van der Waals surface area contributed by atoms with E-state index >= 15 is 0 Å². The minimum absolute atomic E-state index is 0.148. The van der Waals surface area contributed by atoms with Crippen molar-refractivity contribution >= 4 is 22.2 Å². The molecule has 0 aliphatic carbocycles. The first-order valence-electron chi connectivity index (χ1n) is 4.85. The fourth-order valence-electron chi connectivity index (χ4n) is 1.59. The first kappa shape index (κ1) is 11.1. The second-order valence-corrected chi connectivity index (χ2v) is 5.36. The third-order valence-electron chi connectivity index (χ3n) is 2.44. The maximum atomic E-state index is 11.7. The van der Waals surface area contributed by atoms with Crippen LogP contribution in [0.15, 0.2) is 24.3 Å². The van der Waals surface area contributed by atoms with E-state index in [2.05, 4.69) is 4.72 Å². The van der Waals surface area contributed by atoms with Gasteiger partial charge in [0, 0.05) is 0 Å². The molecule has 1 aromatic rings. The second kappa shape index (κ2) is 3.88. The lowest BCUT2D eigenvalue weighted by molar-refractivity contribution is -0.108. The number of nitrogens with one attached hydrogen (secondary N) is 1. The van der Waals surface area contributed by atoms with Crippen LogP contribution < -0.4 is 9.03 Å². The third kappa shape index (κ3) is 1.94. The van der Waals surface area contributed by atoms with E-state index in [1.165, 1.54) is 4.31 Å². The van der Waals surface area contributed by atoms with Crippen LogP contribution in [0.1, 0.15) is 5.56 Å². The number of carbonyl (C=O) groups excluding carboxylic acids is 1. The monoisotopic (exact) mass is 240 g/mol. The van der Waals surface area contributed by atoms with Crippen molar-refractivity contribution in [3.63, 3.8) is 0 Å². The smallest absolute Gasteiger partial charge is 0.302 e. The lowest BCUT2D eigenvalue weighted by atomic mass is 10.2. The molecular weight excluding hydrogens is 228 g/mol. The number of aryl methyl sites for hydroxylation is 1. The van der Waals surface area contributed by atoms with Crippen molar-refractivity contribution in [2.45, 2.75) is 13.0 Å². The highest BCUT2D eigenvalue weighted by Gasteiger charge is 2.35. The summed E-state index contributed by atoms with van der Waals surface area (Å²) in [4.78, 5) is 10.6. The van der Waals surface area contributed by atoms with E-state index in [1.54, 1.807) is 12.1 Å². The maximum Gasteiger partial charge on any atom is 0.302 e. The molecule has 1 aromatic carbocycles. The Balaban J connectivity index is 2.34. The SMILES string of the molecule is Cc1ccc(N2CC(C=O)NS2(=O)=O)cc1. The van der Waals surface area contributed by atoms with E-state index < -0.39 is 16.3 Å². The Morgan fingerprint density at radius 3 is 2.50 bits per heavy atom. The van der Waals surface area contributed by atoms with Crippen molar-refractivity contribution in [3.05, 3.63) is 29.8 Å².